The summed E-state index contributed by atoms with van der Waals surface area (Å²) in [6, 6.07) is 11.1. The van der Waals surface area contributed by atoms with E-state index in [0.717, 1.165) is 49.1 Å². The average molecular weight is 424 g/mol. The number of piperidine rings is 1. The zero-order valence-corrected chi connectivity index (χ0v) is 17.2. The molecule has 162 valence electrons. The molecule has 1 aromatic heterocycles. The van der Waals surface area contributed by atoms with E-state index in [-0.39, 0.29) is 30.6 Å². The Kier molecular flexibility index (Phi) is 6.62. The highest BCUT2D eigenvalue weighted by atomic mass is 19.1. The van der Waals surface area contributed by atoms with Gasteiger partial charge in [0.1, 0.15) is 18.2 Å². The predicted octanol–water partition coefficient (Wildman–Crippen LogP) is 4.19. The molecule has 2 aromatic carbocycles. The Morgan fingerprint density at radius 2 is 1.97 bits per heavy atom. The van der Waals surface area contributed by atoms with Gasteiger partial charge in [-0.15, -0.1) is 0 Å². The average Bonchev–Trinajstić information content (AvgIpc) is 3.18. The van der Waals surface area contributed by atoms with Crippen molar-refractivity contribution in [2.24, 2.45) is 0 Å². The number of phenols is 1. The second kappa shape index (κ2) is 9.75. The summed E-state index contributed by atoms with van der Waals surface area (Å²) in [7, 11) is 0. The van der Waals surface area contributed by atoms with Crippen molar-refractivity contribution >= 4 is 16.9 Å². The van der Waals surface area contributed by atoms with Crippen LogP contribution in [0.15, 0.2) is 59.1 Å². The van der Waals surface area contributed by atoms with Gasteiger partial charge in [0.2, 0.25) is 0 Å². The third kappa shape index (κ3) is 5.49. The van der Waals surface area contributed by atoms with Crippen molar-refractivity contribution < 1.29 is 23.6 Å². The van der Waals surface area contributed by atoms with Crippen molar-refractivity contribution in [1.82, 2.24) is 10.1 Å². The molecule has 3 aromatic rings. The van der Waals surface area contributed by atoms with E-state index in [4.69, 9.17) is 9.26 Å². The van der Waals surface area contributed by atoms with Gasteiger partial charge in [-0.2, -0.15) is 0 Å². The Balaban J connectivity index is 1.17. The molecule has 0 radical (unpaired) electrons. The fourth-order valence-corrected chi connectivity index (χ4v) is 3.88. The topological polar surface area (TPSA) is 75.8 Å². The van der Waals surface area contributed by atoms with Crippen LogP contribution >= 0.6 is 0 Å². The lowest BCUT2D eigenvalue weighted by Gasteiger charge is -2.30. The van der Waals surface area contributed by atoms with Gasteiger partial charge < -0.3 is 14.4 Å². The predicted molar refractivity (Wildman–Crippen MR) is 114 cm³/mol. The van der Waals surface area contributed by atoms with E-state index in [2.05, 4.69) is 10.1 Å². The molecule has 1 aliphatic heterocycles. The van der Waals surface area contributed by atoms with Crippen LogP contribution < -0.4 is 0 Å². The Morgan fingerprint density at radius 1 is 1.19 bits per heavy atom. The molecule has 4 rings (SSSR count). The molecule has 1 aliphatic rings. The molecule has 0 bridgehead atoms. The molecule has 1 N–H and O–H groups in total. The standard InChI is InChI=1S/C24H25FN2O4/c25-19-5-8-21-22(16-19)31-26-24(21)18-9-12-27(13-10-18)11-1-2-14-30-23(29)15-17-3-6-20(28)7-4-17/h1-8,16,18,28H,9-15H2. The largest absolute Gasteiger partial charge is 0.508 e. The fraction of sp³-hybridized carbons (Fsp3) is 0.333. The second-order valence-corrected chi connectivity index (χ2v) is 7.78. The normalized spacial score (nSPS) is 15.6. The number of rotatable bonds is 7. The van der Waals surface area contributed by atoms with Gasteiger partial charge in [0, 0.05) is 23.9 Å². The maximum Gasteiger partial charge on any atom is 0.310 e. The van der Waals surface area contributed by atoms with Gasteiger partial charge in [-0.05, 0) is 61.8 Å². The van der Waals surface area contributed by atoms with Crippen LogP contribution in [0.5, 0.6) is 5.75 Å². The van der Waals surface area contributed by atoms with Crippen LogP contribution in [0.3, 0.4) is 0 Å². The Hall–Kier alpha value is -3.19. The van der Waals surface area contributed by atoms with E-state index in [1.54, 1.807) is 30.3 Å². The number of fused-ring (bicyclic) bond motifs is 1. The summed E-state index contributed by atoms with van der Waals surface area (Å²) in [4.78, 5) is 14.2. The molecule has 1 saturated heterocycles. The van der Waals surface area contributed by atoms with Gasteiger partial charge in [0.15, 0.2) is 5.58 Å². The number of phenolic OH excluding ortho intramolecular Hbond substituents is 1. The third-order valence-corrected chi connectivity index (χ3v) is 5.59. The Bertz CT molecular complexity index is 1050. The number of ether oxygens (including phenoxy) is 1. The highest BCUT2D eigenvalue weighted by Crippen LogP contribution is 2.32. The van der Waals surface area contributed by atoms with Crippen molar-refractivity contribution in [2.75, 3.05) is 26.2 Å². The lowest BCUT2D eigenvalue weighted by atomic mass is 9.91. The molecular weight excluding hydrogens is 399 g/mol. The number of carbonyl (C=O) groups excluding carboxylic acids is 1. The number of esters is 1. The van der Waals surface area contributed by atoms with Gasteiger partial charge >= 0.3 is 5.97 Å². The van der Waals surface area contributed by atoms with Crippen LogP contribution in [-0.2, 0) is 16.0 Å². The van der Waals surface area contributed by atoms with Crippen molar-refractivity contribution in [3.63, 3.8) is 0 Å². The number of likely N-dealkylation sites (tertiary alicyclic amines) is 1. The zero-order valence-electron chi connectivity index (χ0n) is 17.2. The molecule has 0 spiro atoms. The van der Waals surface area contributed by atoms with Gasteiger partial charge in [0.25, 0.3) is 0 Å². The molecule has 1 fully saturated rings. The van der Waals surface area contributed by atoms with Crippen molar-refractivity contribution in [3.8, 4) is 5.75 Å². The van der Waals surface area contributed by atoms with Crippen molar-refractivity contribution in [3.05, 3.63) is 71.7 Å². The molecule has 7 heteroatoms. The first-order chi connectivity index (χ1) is 15.1. The monoisotopic (exact) mass is 424 g/mol. The van der Waals surface area contributed by atoms with Crippen LogP contribution in [-0.4, -0.2) is 47.4 Å². The fourth-order valence-electron chi connectivity index (χ4n) is 3.88. The number of benzene rings is 2. The van der Waals surface area contributed by atoms with Gasteiger partial charge in [0.05, 0.1) is 12.1 Å². The maximum absolute atomic E-state index is 13.3. The van der Waals surface area contributed by atoms with Crippen molar-refractivity contribution in [1.29, 1.82) is 0 Å². The summed E-state index contributed by atoms with van der Waals surface area (Å²) in [6.07, 6.45) is 6.00. The molecule has 0 aliphatic carbocycles. The summed E-state index contributed by atoms with van der Waals surface area (Å²) in [5.74, 6) is -0.125. The molecule has 31 heavy (non-hydrogen) atoms. The highest BCUT2D eigenvalue weighted by molar-refractivity contribution is 5.79. The van der Waals surface area contributed by atoms with Gasteiger partial charge in [-0.3, -0.25) is 9.69 Å². The lowest BCUT2D eigenvalue weighted by Crippen LogP contribution is -2.33. The molecule has 2 heterocycles. The summed E-state index contributed by atoms with van der Waals surface area (Å²) < 4.78 is 23.9. The number of aromatic hydroxyl groups is 1. The van der Waals surface area contributed by atoms with Crippen LogP contribution in [0, 0.1) is 5.82 Å². The lowest BCUT2D eigenvalue weighted by molar-refractivity contribution is -0.141. The number of aromatic nitrogens is 1. The summed E-state index contributed by atoms with van der Waals surface area (Å²) >= 11 is 0. The molecule has 0 atom stereocenters. The highest BCUT2D eigenvalue weighted by Gasteiger charge is 2.24. The minimum atomic E-state index is -0.317. The number of hydrogen-bond acceptors (Lipinski definition) is 6. The first-order valence-corrected chi connectivity index (χ1v) is 10.4. The SMILES string of the molecule is O=C(Cc1ccc(O)cc1)OCC=CCN1CCC(c2noc3cc(F)ccc23)CC1. The van der Waals surface area contributed by atoms with Gasteiger partial charge in [-0.25, -0.2) is 4.39 Å². The molecular formula is C24H25FN2O4. The second-order valence-electron chi connectivity index (χ2n) is 7.78. The third-order valence-electron chi connectivity index (χ3n) is 5.59. The van der Waals surface area contributed by atoms with E-state index in [0.29, 0.717) is 11.5 Å². The van der Waals surface area contributed by atoms with E-state index in [9.17, 15) is 14.3 Å². The van der Waals surface area contributed by atoms with E-state index >= 15 is 0 Å². The first kappa shape index (κ1) is 21.1. The first-order valence-electron chi connectivity index (χ1n) is 10.4. The van der Waals surface area contributed by atoms with E-state index < -0.39 is 0 Å². The smallest absolute Gasteiger partial charge is 0.310 e. The number of hydrogen-bond donors (Lipinski definition) is 1. The molecule has 0 amide bonds. The van der Waals surface area contributed by atoms with Crippen LogP contribution in [0.1, 0.15) is 30.0 Å². The van der Waals surface area contributed by atoms with Crippen LogP contribution in [0.4, 0.5) is 4.39 Å². The van der Waals surface area contributed by atoms with Crippen LogP contribution in [0.2, 0.25) is 0 Å². The van der Waals surface area contributed by atoms with E-state index in [1.165, 1.54) is 12.1 Å². The molecule has 0 unspecified atom stereocenters. The molecule has 0 saturated carbocycles. The summed E-state index contributed by atoms with van der Waals surface area (Å²) in [5.41, 5.74) is 2.23. The quantitative estimate of drug-likeness (QED) is 0.453. The summed E-state index contributed by atoms with van der Waals surface area (Å²) in [5, 5.41) is 14.3. The minimum Gasteiger partial charge on any atom is -0.508 e. The zero-order chi connectivity index (χ0) is 21.6. The summed E-state index contributed by atoms with van der Waals surface area (Å²) in [6.45, 7) is 2.91. The Labute approximate surface area is 179 Å². The number of halogens is 1. The maximum atomic E-state index is 13.3. The minimum absolute atomic E-state index is 0.175. The van der Waals surface area contributed by atoms with E-state index in [1.807, 2.05) is 12.2 Å². The van der Waals surface area contributed by atoms with Gasteiger partial charge in [-0.1, -0.05) is 23.4 Å². The Morgan fingerprint density at radius 3 is 2.74 bits per heavy atom. The molecule has 6 nitrogen and oxygen atoms in total. The number of carbonyl (C=O) groups is 1. The number of nitrogens with zero attached hydrogens (tertiary/aromatic N) is 2. The van der Waals surface area contributed by atoms with Crippen molar-refractivity contribution in [2.45, 2.75) is 25.2 Å². The van der Waals surface area contributed by atoms with Crippen LogP contribution in [0.25, 0.3) is 11.0 Å².